The number of aromatic nitrogens is 2. The van der Waals surface area contributed by atoms with E-state index in [1.807, 2.05) is 26.8 Å². The van der Waals surface area contributed by atoms with Crippen LogP contribution < -0.4 is 10.1 Å². The monoisotopic (exact) mass is 223 g/mol. The van der Waals surface area contributed by atoms with Crippen molar-refractivity contribution in [3.63, 3.8) is 0 Å². The van der Waals surface area contributed by atoms with Gasteiger partial charge in [0.15, 0.2) is 0 Å². The Morgan fingerprint density at radius 1 is 1.25 bits per heavy atom. The Kier molecular flexibility index (Phi) is 3.73. The van der Waals surface area contributed by atoms with Crippen LogP contribution in [0, 0.1) is 6.92 Å². The number of rotatable bonds is 3. The molecular formula is C12H21N3O. The fourth-order valence-electron chi connectivity index (χ4n) is 1.23. The number of nitrogens with zero attached hydrogens (tertiary/aromatic N) is 2. The standard InChI is InChI=1S/C12H21N3O/c1-8(2)16-10-7-9(3)13-11(14-10)15-12(4,5)6/h7-8H,1-6H3,(H,13,14,15). The van der Waals surface area contributed by atoms with E-state index in [-0.39, 0.29) is 11.6 Å². The van der Waals surface area contributed by atoms with E-state index in [9.17, 15) is 0 Å². The fourth-order valence-corrected chi connectivity index (χ4v) is 1.23. The van der Waals surface area contributed by atoms with E-state index in [2.05, 4.69) is 36.1 Å². The first-order valence-corrected chi connectivity index (χ1v) is 5.57. The fraction of sp³-hybridized carbons (Fsp3) is 0.667. The summed E-state index contributed by atoms with van der Waals surface area (Å²) in [7, 11) is 0. The zero-order chi connectivity index (χ0) is 12.3. The maximum absolute atomic E-state index is 5.56. The molecule has 1 heterocycles. The highest BCUT2D eigenvalue weighted by atomic mass is 16.5. The number of hydrogen-bond donors (Lipinski definition) is 1. The lowest BCUT2D eigenvalue weighted by Crippen LogP contribution is -2.27. The molecule has 1 rings (SSSR count). The summed E-state index contributed by atoms with van der Waals surface area (Å²) < 4.78 is 5.56. The highest BCUT2D eigenvalue weighted by Gasteiger charge is 2.12. The van der Waals surface area contributed by atoms with Gasteiger partial charge in [-0.05, 0) is 41.5 Å². The Balaban J connectivity index is 2.90. The van der Waals surface area contributed by atoms with Crippen molar-refractivity contribution in [1.82, 2.24) is 9.97 Å². The molecular weight excluding hydrogens is 202 g/mol. The van der Waals surface area contributed by atoms with Crippen molar-refractivity contribution in [2.45, 2.75) is 53.2 Å². The maximum Gasteiger partial charge on any atom is 0.226 e. The summed E-state index contributed by atoms with van der Waals surface area (Å²) in [6, 6.07) is 1.84. The summed E-state index contributed by atoms with van der Waals surface area (Å²) in [6.07, 6.45) is 0.122. The van der Waals surface area contributed by atoms with Gasteiger partial charge in [0.05, 0.1) is 6.10 Å². The van der Waals surface area contributed by atoms with Crippen LogP contribution in [0.25, 0.3) is 0 Å². The predicted molar refractivity (Wildman–Crippen MR) is 65.9 cm³/mol. The van der Waals surface area contributed by atoms with Crippen LogP contribution in [0.2, 0.25) is 0 Å². The first-order chi connectivity index (χ1) is 7.26. The summed E-state index contributed by atoms with van der Waals surface area (Å²) in [5, 5.41) is 3.23. The average Bonchev–Trinajstić information content (AvgIpc) is 1.96. The van der Waals surface area contributed by atoms with Crippen LogP contribution in [0.15, 0.2) is 6.07 Å². The van der Waals surface area contributed by atoms with E-state index in [1.165, 1.54) is 0 Å². The third-order valence-electron chi connectivity index (χ3n) is 1.67. The molecule has 0 saturated heterocycles. The van der Waals surface area contributed by atoms with E-state index < -0.39 is 0 Å². The normalized spacial score (nSPS) is 11.7. The van der Waals surface area contributed by atoms with E-state index in [1.54, 1.807) is 0 Å². The third-order valence-corrected chi connectivity index (χ3v) is 1.67. The van der Waals surface area contributed by atoms with Crippen molar-refractivity contribution in [3.8, 4) is 5.88 Å². The summed E-state index contributed by atoms with van der Waals surface area (Å²) in [4.78, 5) is 8.64. The second kappa shape index (κ2) is 4.68. The van der Waals surface area contributed by atoms with Gasteiger partial charge in [0, 0.05) is 17.3 Å². The van der Waals surface area contributed by atoms with Gasteiger partial charge in [0.25, 0.3) is 0 Å². The topological polar surface area (TPSA) is 47.0 Å². The molecule has 90 valence electrons. The summed E-state index contributed by atoms with van der Waals surface area (Å²) >= 11 is 0. The van der Waals surface area contributed by atoms with Crippen molar-refractivity contribution in [2.75, 3.05) is 5.32 Å². The smallest absolute Gasteiger partial charge is 0.226 e. The van der Waals surface area contributed by atoms with Crippen molar-refractivity contribution in [1.29, 1.82) is 0 Å². The molecule has 0 amide bonds. The molecule has 0 radical (unpaired) electrons. The number of aryl methyl sites for hydroxylation is 1. The Labute approximate surface area is 97.5 Å². The molecule has 0 spiro atoms. The molecule has 0 saturated carbocycles. The minimum Gasteiger partial charge on any atom is -0.475 e. The first-order valence-electron chi connectivity index (χ1n) is 5.57. The third kappa shape index (κ3) is 4.47. The molecule has 0 aliphatic carbocycles. The lowest BCUT2D eigenvalue weighted by atomic mass is 10.1. The number of hydrogen-bond acceptors (Lipinski definition) is 4. The maximum atomic E-state index is 5.56. The number of nitrogens with one attached hydrogen (secondary N) is 1. The first kappa shape index (κ1) is 12.7. The Morgan fingerprint density at radius 2 is 1.88 bits per heavy atom. The zero-order valence-corrected chi connectivity index (χ0v) is 11.0. The lowest BCUT2D eigenvalue weighted by molar-refractivity contribution is 0.232. The van der Waals surface area contributed by atoms with Gasteiger partial charge in [-0.15, -0.1) is 0 Å². The number of ether oxygens (including phenoxy) is 1. The van der Waals surface area contributed by atoms with E-state index >= 15 is 0 Å². The van der Waals surface area contributed by atoms with Gasteiger partial charge in [-0.25, -0.2) is 4.98 Å². The molecule has 0 unspecified atom stereocenters. The molecule has 0 bridgehead atoms. The minimum atomic E-state index is -0.0527. The van der Waals surface area contributed by atoms with Crippen molar-refractivity contribution in [2.24, 2.45) is 0 Å². The lowest BCUT2D eigenvalue weighted by Gasteiger charge is -2.21. The molecule has 1 aromatic heterocycles. The van der Waals surface area contributed by atoms with Gasteiger partial charge in [-0.1, -0.05) is 0 Å². The van der Waals surface area contributed by atoms with Crippen LogP contribution in [-0.4, -0.2) is 21.6 Å². The molecule has 0 atom stereocenters. The minimum absolute atomic E-state index is 0.0527. The second-order valence-electron chi connectivity index (χ2n) is 5.21. The highest BCUT2D eigenvalue weighted by molar-refractivity contribution is 5.32. The molecule has 1 aromatic rings. The van der Waals surface area contributed by atoms with Crippen LogP contribution >= 0.6 is 0 Å². The van der Waals surface area contributed by atoms with Crippen LogP contribution in [0.4, 0.5) is 5.95 Å². The molecule has 0 fully saturated rings. The molecule has 16 heavy (non-hydrogen) atoms. The average molecular weight is 223 g/mol. The molecule has 1 N–H and O–H groups in total. The molecule has 0 aromatic carbocycles. The van der Waals surface area contributed by atoms with Crippen molar-refractivity contribution < 1.29 is 4.74 Å². The summed E-state index contributed by atoms with van der Waals surface area (Å²) in [5.41, 5.74) is 0.848. The molecule has 0 aliphatic heterocycles. The van der Waals surface area contributed by atoms with Gasteiger partial charge in [0.1, 0.15) is 0 Å². The van der Waals surface area contributed by atoms with Gasteiger partial charge in [-0.3, -0.25) is 0 Å². The Morgan fingerprint density at radius 3 is 2.38 bits per heavy atom. The van der Waals surface area contributed by atoms with Crippen LogP contribution in [-0.2, 0) is 0 Å². The van der Waals surface area contributed by atoms with Gasteiger partial charge < -0.3 is 10.1 Å². The van der Waals surface area contributed by atoms with Crippen LogP contribution in [0.1, 0.15) is 40.3 Å². The van der Waals surface area contributed by atoms with Crippen LogP contribution in [0.3, 0.4) is 0 Å². The van der Waals surface area contributed by atoms with E-state index in [4.69, 9.17) is 4.74 Å². The largest absolute Gasteiger partial charge is 0.475 e. The van der Waals surface area contributed by atoms with Crippen LogP contribution in [0.5, 0.6) is 5.88 Å². The van der Waals surface area contributed by atoms with E-state index in [0.29, 0.717) is 11.8 Å². The van der Waals surface area contributed by atoms with Crippen molar-refractivity contribution >= 4 is 5.95 Å². The highest BCUT2D eigenvalue weighted by Crippen LogP contribution is 2.16. The second-order valence-corrected chi connectivity index (χ2v) is 5.21. The summed E-state index contributed by atoms with van der Waals surface area (Å²) in [5.74, 6) is 1.23. The molecule has 0 aliphatic rings. The Hall–Kier alpha value is -1.32. The SMILES string of the molecule is Cc1cc(OC(C)C)nc(NC(C)(C)C)n1. The van der Waals surface area contributed by atoms with Gasteiger partial charge in [0.2, 0.25) is 11.8 Å². The Bertz CT molecular complexity index is 356. The summed E-state index contributed by atoms with van der Waals surface area (Å²) in [6.45, 7) is 12.1. The van der Waals surface area contributed by atoms with Crippen molar-refractivity contribution in [3.05, 3.63) is 11.8 Å². The quantitative estimate of drug-likeness (QED) is 0.856. The predicted octanol–water partition coefficient (Wildman–Crippen LogP) is 2.78. The van der Waals surface area contributed by atoms with Gasteiger partial charge >= 0.3 is 0 Å². The van der Waals surface area contributed by atoms with Gasteiger partial charge in [-0.2, -0.15) is 4.98 Å². The number of anilines is 1. The zero-order valence-electron chi connectivity index (χ0n) is 11.0. The van der Waals surface area contributed by atoms with E-state index in [0.717, 1.165) is 5.69 Å². The molecule has 4 nitrogen and oxygen atoms in total. The molecule has 4 heteroatoms.